The van der Waals surface area contributed by atoms with Crippen LogP contribution in [-0.2, 0) is 5.54 Å². The van der Waals surface area contributed by atoms with E-state index in [0.29, 0.717) is 17.4 Å². The largest absolute Gasteiger partial charge is 0.332 e. The first kappa shape index (κ1) is 13.1. The Balaban J connectivity index is 1.63. The zero-order chi connectivity index (χ0) is 15.0. The molecule has 2 N–H and O–H groups in total. The lowest BCUT2D eigenvalue weighted by molar-refractivity contribution is 0.372. The van der Waals surface area contributed by atoms with Gasteiger partial charge >= 0.3 is 0 Å². The zero-order valence-electron chi connectivity index (χ0n) is 12.0. The molecule has 0 spiro atoms. The van der Waals surface area contributed by atoms with E-state index in [-0.39, 0.29) is 0 Å². The normalized spacial score (nSPS) is 17.0. The molecule has 0 saturated heterocycles. The van der Waals surface area contributed by atoms with Gasteiger partial charge in [-0.3, -0.25) is 0 Å². The maximum absolute atomic E-state index is 6.34. The molecule has 0 amide bonds. The highest BCUT2D eigenvalue weighted by molar-refractivity contribution is 5.45. The van der Waals surface area contributed by atoms with Gasteiger partial charge < -0.3 is 10.3 Å². The van der Waals surface area contributed by atoms with Crippen molar-refractivity contribution in [2.75, 3.05) is 0 Å². The average Bonchev–Trinajstić information content (AvgIpc) is 3.28. The van der Waals surface area contributed by atoms with Crippen molar-refractivity contribution in [2.24, 2.45) is 5.73 Å². The van der Waals surface area contributed by atoms with Crippen molar-refractivity contribution in [3.63, 3.8) is 0 Å². The third-order valence-corrected chi connectivity index (χ3v) is 4.10. The van der Waals surface area contributed by atoms with Crippen molar-refractivity contribution in [1.29, 1.82) is 0 Å². The molecular weight excluding hydrogens is 280 g/mol. The van der Waals surface area contributed by atoms with E-state index in [1.165, 1.54) is 0 Å². The minimum absolute atomic E-state index is 0.355. The van der Waals surface area contributed by atoms with Gasteiger partial charge in [0.2, 0.25) is 0 Å². The number of nitrogens with zero attached hydrogens (tertiary/aromatic N) is 5. The number of hydrogen-bond acceptors (Lipinski definition) is 6. The summed E-state index contributed by atoms with van der Waals surface area (Å²) in [6, 6.07) is 9.74. The van der Waals surface area contributed by atoms with Crippen LogP contribution >= 0.6 is 0 Å². The predicted molar refractivity (Wildman–Crippen MR) is 79.0 cm³/mol. The number of nitrogens with two attached hydrogens (primary N) is 1. The lowest BCUT2D eigenvalue weighted by Crippen LogP contribution is -2.34. The summed E-state index contributed by atoms with van der Waals surface area (Å²) in [7, 11) is 0. The molecule has 7 nitrogen and oxygen atoms in total. The Morgan fingerprint density at radius 1 is 1.14 bits per heavy atom. The minimum atomic E-state index is -0.461. The van der Waals surface area contributed by atoms with Gasteiger partial charge in [-0.1, -0.05) is 41.4 Å². The summed E-state index contributed by atoms with van der Waals surface area (Å²) in [5.74, 6) is 0.920. The Labute approximate surface area is 127 Å². The first-order valence-electron chi connectivity index (χ1n) is 7.36. The van der Waals surface area contributed by atoms with E-state index in [4.69, 9.17) is 10.3 Å². The third-order valence-electron chi connectivity index (χ3n) is 4.10. The fourth-order valence-electron chi connectivity index (χ4n) is 2.83. The summed E-state index contributed by atoms with van der Waals surface area (Å²) in [5.41, 5.74) is 7.35. The number of aromatic nitrogens is 5. The topological polar surface area (TPSA) is 95.7 Å². The molecule has 1 aliphatic carbocycles. The van der Waals surface area contributed by atoms with Crippen molar-refractivity contribution < 1.29 is 4.52 Å². The van der Waals surface area contributed by atoms with E-state index in [2.05, 4.69) is 20.5 Å². The summed E-state index contributed by atoms with van der Waals surface area (Å²) < 4.78 is 6.99. The Hall–Kier alpha value is -2.54. The number of rotatable bonds is 3. The average molecular weight is 296 g/mol. The van der Waals surface area contributed by atoms with E-state index in [0.717, 1.165) is 31.4 Å². The summed E-state index contributed by atoms with van der Waals surface area (Å²) in [6.07, 6.45) is 5.75. The molecular formula is C15H16N6O. The molecule has 22 heavy (non-hydrogen) atoms. The molecule has 1 saturated carbocycles. The maximum Gasteiger partial charge on any atom is 0.280 e. The van der Waals surface area contributed by atoms with Crippen molar-refractivity contribution >= 4 is 0 Å². The molecule has 7 heteroatoms. The summed E-state index contributed by atoms with van der Waals surface area (Å²) in [4.78, 5) is 4.42. The van der Waals surface area contributed by atoms with Gasteiger partial charge in [0.15, 0.2) is 11.5 Å². The van der Waals surface area contributed by atoms with Crippen LogP contribution in [0.4, 0.5) is 0 Å². The van der Waals surface area contributed by atoms with E-state index in [1.54, 1.807) is 10.9 Å². The second-order valence-corrected chi connectivity index (χ2v) is 5.67. The summed E-state index contributed by atoms with van der Waals surface area (Å²) >= 11 is 0. The highest BCUT2D eigenvalue weighted by Gasteiger charge is 2.36. The smallest absolute Gasteiger partial charge is 0.280 e. The number of benzene rings is 1. The van der Waals surface area contributed by atoms with Crippen molar-refractivity contribution in [2.45, 2.75) is 31.2 Å². The summed E-state index contributed by atoms with van der Waals surface area (Å²) in [5, 5.41) is 12.2. The van der Waals surface area contributed by atoms with Gasteiger partial charge in [0.05, 0.1) is 17.4 Å². The minimum Gasteiger partial charge on any atom is -0.332 e. The Morgan fingerprint density at radius 3 is 2.68 bits per heavy atom. The van der Waals surface area contributed by atoms with Crippen LogP contribution in [0.3, 0.4) is 0 Å². The molecule has 0 radical (unpaired) electrons. The van der Waals surface area contributed by atoms with E-state index in [9.17, 15) is 0 Å². The Bertz CT molecular complexity index is 772. The van der Waals surface area contributed by atoms with Gasteiger partial charge in [-0.05, 0) is 25.0 Å². The lowest BCUT2D eigenvalue weighted by Gasteiger charge is -2.17. The molecule has 2 heterocycles. The lowest BCUT2D eigenvalue weighted by atomic mass is 9.99. The van der Waals surface area contributed by atoms with Gasteiger partial charge in [0, 0.05) is 0 Å². The second kappa shape index (κ2) is 5.03. The fraction of sp³-hybridized carbons (Fsp3) is 0.333. The maximum atomic E-state index is 6.34. The van der Waals surface area contributed by atoms with Crippen molar-refractivity contribution in [3.8, 4) is 17.3 Å². The van der Waals surface area contributed by atoms with Crippen LogP contribution in [0.15, 0.2) is 41.1 Å². The molecule has 0 bridgehead atoms. The van der Waals surface area contributed by atoms with Crippen LogP contribution in [-0.4, -0.2) is 25.1 Å². The Kier molecular flexibility index (Phi) is 3.00. The van der Waals surface area contributed by atoms with Crippen LogP contribution in [0.1, 0.15) is 31.5 Å². The van der Waals surface area contributed by atoms with Gasteiger partial charge in [-0.2, -0.15) is 4.98 Å². The molecule has 0 aliphatic heterocycles. The van der Waals surface area contributed by atoms with Crippen molar-refractivity contribution in [3.05, 3.63) is 42.4 Å². The van der Waals surface area contributed by atoms with Crippen molar-refractivity contribution in [1.82, 2.24) is 25.1 Å². The molecule has 4 rings (SSSR count). The highest BCUT2D eigenvalue weighted by Crippen LogP contribution is 2.35. The van der Waals surface area contributed by atoms with Gasteiger partial charge in [-0.25, -0.2) is 4.68 Å². The molecule has 3 aromatic rings. The zero-order valence-corrected chi connectivity index (χ0v) is 12.0. The van der Waals surface area contributed by atoms with Crippen LogP contribution in [0.25, 0.3) is 17.3 Å². The fourth-order valence-corrected chi connectivity index (χ4v) is 2.83. The third kappa shape index (κ3) is 2.19. The molecule has 2 aromatic heterocycles. The van der Waals surface area contributed by atoms with Gasteiger partial charge in [0.1, 0.15) is 0 Å². The molecule has 0 unspecified atom stereocenters. The Morgan fingerprint density at radius 2 is 1.91 bits per heavy atom. The molecule has 1 aliphatic rings. The van der Waals surface area contributed by atoms with Crippen LogP contribution in [0.5, 0.6) is 0 Å². The highest BCUT2D eigenvalue weighted by atomic mass is 16.5. The first-order chi connectivity index (χ1) is 10.7. The van der Waals surface area contributed by atoms with E-state index >= 15 is 0 Å². The first-order valence-corrected chi connectivity index (χ1v) is 7.36. The molecule has 0 atom stereocenters. The van der Waals surface area contributed by atoms with E-state index < -0.39 is 5.54 Å². The monoisotopic (exact) mass is 296 g/mol. The molecule has 1 fully saturated rings. The predicted octanol–water partition coefficient (Wildman–Crippen LogP) is 2.05. The van der Waals surface area contributed by atoms with Crippen LogP contribution in [0.2, 0.25) is 0 Å². The second-order valence-electron chi connectivity index (χ2n) is 5.67. The van der Waals surface area contributed by atoms with Gasteiger partial charge in [-0.15, -0.1) is 5.10 Å². The van der Waals surface area contributed by atoms with Crippen LogP contribution in [0, 0.1) is 0 Å². The van der Waals surface area contributed by atoms with Gasteiger partial charge in [0.25, 0.3) is 5.89 Å². The SMILES string of the molecule is NC1(c2noc(-c3cn(-c4ccccc4)nn3)n2)CCCC1. The quantitative estimate of drug-likeness (QED) is 0.794. The molecule has 112 valence electrons. The number of para-hydroxylation sites is 1. The molecule has 1 aromatic carbocycles. The number of hydrogen-bond donors (Lipinski definition) is 1. The summed E-state index contributed by atoms with van der Waals surface area (Å²) in [6.45, 7) is 0. The standard InChI is InChI=1S/C15H16N6O/c16-15(8-4-5-9-15)14-17-13(22-19-14)12-10-21(20-18-12)11-6-2-1-3-7-11/h1-3,6-7,10H,4-5,8-9,16H2. The van der Waals surface area contributed by atoms with E-state index in [1.807, 2.05) is 30.3 Å². The van der Waals surface area contributed by atoms with Crippen LogP contribution < -0.4 is 5.73 Å².